The molecule has 33 heteroatoms. The van der Waals surface area contributed by atoms with Crippen molar-refractivity contribution in [2.75, 3.05) is 39.3 Å². The number of nitrogens with zero attached hydrogens (tertiary/aromatic N) is 15. The number of ketones is 3. The second-order valence-electron chi connectivity index (χ2n) is 25.7. The van der Waals surface area contributed by atoms with Gasteiger partial charge in [-0.25, -0.2) is 15.0 Å². The number of carbonyl (C=O) groups excluding carboxylic acids is 3. The Bertz CT molecular complexity index is 5380. The van der Waals surface area contributed by atoms with E-state index in [0.717, 1.165) is 0 Å². The third-order valence-corrected chi connectivity index (χ3v) is 16.8. The van der Waals surface area contributed by atoms with E-state index in [2.05, 4.69) is 75.4 Å². The van der Waals surface area contributed by atoms with Crippen LogP contribution >= 0.6 is 0 Å². The molecular weight excluding hydrogens is 1770 g/mol. The number of ether oxygens (including phenoxy) is 3. The molecule has 129 heavy (non-hydrogen) atoms. The van der Waals surface area contributed by atoms with Gasteiger partial charge in [-0.2, -0.15) is 15.0 Å². The molecule has 12 aromatic carbocycles. The summed E-state index contributed by atoms with van der Waals surface area (Å²) >= 11 is 0. The largest absolute Gasteiger partial charge is 3.00 e. The summed E-state index contributed by atoms with van der Waals surface area (Å²) in [5.74, 6) is -3.84. The number of aromatic nitrogens is 3. The number of Topliss-reactive ketones (excluding diaryl/α,β-unsaturated/α-hetero) is 3. The van der Waals surface area contributed by atoms with Gasteiger partial charge in [0.1, 0.15) is 17.2 Å². The molecule has 30 nitrogen and oxygen atoms in total. The Hall–Kier alpha value is -16.1. The maximum Gasteiger partial charge on any atom is 3.00 e. The van der Waals surface area contributed by atoms with Crippen LogP contribution in [0.25, 0.3) is 0 Å². The van der Waals surface area contributed by atoms with Crippen LogP contribution in [0.2, 0.25) is 0 Å². The fourth-order valence-electron chi connectivity index (χ4n) is 10.4. The Labute approximate surface area is 772 Å². The van der Waals surface area contributed by atoms with E-state index in [1.165, 1.54) is 128 Å². The molecule has 13 rings (SSSR count). The Balaban J connectivity index is 0.000000290. The van der Waals surface area contributed by atoms with Crippen molar-refractivity contribution in [3.63, 3.8) is 0 Å². The van der Waals surface area contributed by atoms with Gasteiger partial charge in [0.15, 0.2) is 0 Å². The van der Waals surface area contributed by atoms with Crippen LogP contribution in [0.1, 0.15) is 81.1 Å². The number of aliphatic imine (C=N–C) groups is 9. The van der Waals surface area contributed by atoms with Gasteiger partial charge in [0.2, 0.25) is 17.3 Å². The molecular formula is C96H72Fe3N15O15. The first-order chi connectivity index (χ1) is 61.6. The van der Waals surface area contributed by atoms with Crippen LogP contribution < -0.4 is 44.8 Å². The molecule has 0 spiro atoms. The van der Waals surface area contributed by atoms with Crippen LogP contribution in [-0.2, 0) is 51.2 Å². The molecule has 0 saturated heterocycles. The van der Waals surface area contributed by atoms with Crippen molar-refractivity contribution < 1.29 is 110 Å². The first-order valence-electron chi connectivity index (χ1n) is 38.3. The molecule has 0 unspecified atom stereocenters. The molecule has 1 aromatic heterocycles. The summed E-state index contributed by atoms with van der Waals surface area (Å²) in [7, 11) is 0. The van der Waals surface area contributed by atoms with Crippen molar-refractivity contribution in [3.8, 4) is 51.7 Å². The van der Waals surface area contributed by atoms with E-state index in [1.54, 1.807) is 237 Å². The SMILES string of the molecule is O=C(/C(=N\[O-])Oc1ccc(/C=N/c2nc(/N=C/c3ccc(O/C(=N/[O-])C(=O)c4ccccc4)cc3)nc(/N=C/c3ccc(O/C(=N/[O-])C(=O)c4ccccc4)cc3)n2)cc1)c1ccccc1.[Fe+3].[Fe+3].[Fe+3].[O-]c1ccccc1C=NCCN=Cc1ccccc1[O-].[O-]c1ccccc1C=NCCN=Cc1ccccc1[O-].[O-]c1ccccc1C=NCCN=Cc1ccccc1[O-]. The quantitative estimate of drug-likeness (QED) is 0.0101. The molecule has 1 heterocycles. The molecule has 0 aliphatic carbocycles. The van der Waals surface area contributed by atoms with Crippen molar-refractivity contribution in [3.05, 3.63) is 392 Å². The van der Waals surface area contributed by atoms with Crippen molar-refractivity contribution in [2.24, 2.45) is 60.4 Å². The van der Waals surface area contributed by atoms with Crippen molar-refractivity contribution >= 4 is 109 Å². The first-order valence-corrected chi connectivity index (χ1v) is 38.3. The summed E-state index contributed by atoms with van der Waals surface area (Å²) in [6, 6.07) is 83.4. The zero-order valence-electron chi connectivity index (χ0n) is 67.8. The van der Waals surface area contributed by atoms with E-state index in [9.17, 15) is 60.6 Å². The number of benzene rings is 12. The second-order valence-corrected chi connectivity index (χ2v) is 25.7. The van der Waals surface area contributed by atoms with E-state index in [-0.39, 0.29) is 137 Å². The number of hydrogen-bond acceptors (Lipinski definition) is 30. The van der Waals surface area contributed by atoms with Gasteiger partial charge in [-0.3, -0.25) is 59.8 Å². The minimum atomic E-state index is -0.673. The van der Waals surface area contributed by atoms with Crippen molar-refractivity contribution in [2.45, 2.75) is 0 Å². The standard InChI is InChI=1S/C48H33N9O9.3C16H16N2O2.3Fe/c58-40(34-10-4-1-5-11-34)43(55-61)64-37-22-16-31(17-23-37)28-49-46-52-47(50-29-32-18-24-38(25-19-32)65-44(56-62)41(59)35-12-6-2-7-13-35)54-48(53-46)51-30-33-20-26-39(27-21-33)66-45(57-63)42(60)36-14-8-3-9-15-36;3*19-15-7-3-1-5-13(15)11-17-9-10-18-12-14-6-2-4-8-16(14)20;;;/h1-30,61-63H;3*1-8,11-12,19-20H,9-10H2;;;/q;;;;3*+3/p-9/b49-28+,50-29+,51-30+,55-43+,56-44+,57-45+;;;;;;. The van der Waals surface area contributed by atoms with Gasteiger partial charge in [-0.15, -0.1) is 34.5 Å². The molecule has 0 amide bonds. The minimum absolute atomic E-state index is 0. The van der Waals surface area contributed by atoms with Gasteiger partial charge in [-0.1, -0.05) is 237 Å². The maximum absolute atomic E-state index is 12.7. The zero-order valence-corrected chi connectivity index (χ0v) is 71.1. The third kappa shape index (κ3) is 33.8. The van der Waals surface area contributed by atoms with E-state index < -0.39 is 35.0 Å². The van der Waals surface area contributed by atoms with Gasteiger partial charge in [0.25, 0.3) is 35.5 Å². The molecule has 0 aliphatic heterocycles. The average molecular weight is 1840 g/mol. The Kier molecular flexibility index (Phi) is 42.7. The Morgan fingerprint density at radius 3 is 0.597 bits per heavy atom. The monoisotopic (exact) mass is 1840 g/mol. The van der Waals surface area contributed by atoms with Crippen molar-refractivity contribution in [1.82, 2.24) is 15.0 Å². The summed E-state index contributed by atoms with van der Waals surface area (Å²) in [5.41, 5.74) is 5.82. The predicted molar refractivity (Wildman–Crippen MR) is 478 cm³/mol. The zero-order chi connectivity index (χ0) is 88.7. The van der Waals surface area contributed by atoms with Gasteiger partial charge < -0.3 is 60.5 Å². The van der Waals surface area contributed by atoms with Crippen LogP contribution in [0.4, 0.5) is 17.8 Å². The first kappa shape index (κ1) is 100.0. The van der Waals surface area contributed by atoms with Gasteiger partial charge in [-0.05, 0) is 123 Å². The van der Waals surface area contributed by atoms with E-state index in [4.69, 9.17) is 14.2 Å². The Morgan fingerprint density at radius 2 is 0.419 bits per heavy atom. The summed E-state index contributed by atoms with van der Waals surface area (Å²) in [4.78, 5) is 89.0. The number of para-hydroxylation sites is 6. The summed E-state index contributed by atoms with van der Waals surface area (Å²) < 4.78 is 16.4. The summed E-state index contributed by atoms with van der Waals surface area (Å²) in [5, 5.41) is 111. The molecule has 0 N–H and O–H groups in total. The van der Waals surface area contributed by atoms with Gasteiger partial charge in [0.05, 0.1) is 39.3 Å². The molecule has 645 valence electrons. The molecule has 3 radical (unpaired) electrons. The van der Waals surface area contributed by atoms with Crippen LogP contribution in [0.5, 0.6) is 51.7 Å². The normalized spacial score (nSPS) is 11.5. The molecule has 0 bridgehead atoms. The van der Waals surface area contributed by atoms with E-state index in [0.29, 0.717) is 89.3 Å². The number of carbonyl (C=O) groups is 3. The van der Waals surface area contributed by atoms with E-state index in [1.807, 2.05) is 0 Å². The van der Waals surface area contributed by atoms with Crippen LogP contribution in [0, 0.1) is 15.6 Å². The van der Waals surface area contributed by atoms with E-state index >= 15 is 0 Å². The fourth-order valence-corrected chi connectivity index (χ4v) is 10.4. The Morgan fingerprint density at radius 1 is 0.240 bits per heavy atom. The molecule has 13 aromatic rings. The molecule has 0 fully saturated rings. The smallest absolute Gasteiger partial charge is 0.872 e. The third-order valence-electron chi connectivity index (χ3n) is 16.8. The number of rotatable bonds is 30. The van der Waals surface area contributed by atoms with Gasteiger partial charge >= 0.3 is 51.2 Å². The fraction of sp³-hybridized carbons (Fsp3) is 0.0625. The predicted octanol–water partition coefficient (Wildman–Crippen LogP) is 12.7. The molecule has 0 atom stereocenters. The van der Waals surface area contributed by atoms with Crippen LogP contribution in [0.3, 0.4) is 0 Å². The van der Waals surface area contributed by atoms with Gasteiger partial charge in [0, 0.05) is 72.6 Å². The average Bonchev–Trinajstić information content (AvgIpc) is 0.846. The summed E-state index contributed by atoms with van der Waals surface area (Å²) in [6.07, 6.45) is 13.7. The summed E-state index contributed by atoms with van der Waals surface area (Å²) in [6.45, 7) is 2.87. The number of hydrogen-bond donors (Lipinski definition) is 0. The van der Waals surface area contributed by atoms with Crippen molar-refractivity contribution in [1.29, 1.82) is 0 Å². The molecule has 0 aliphatic rings. The minimum Gasteiger partial charge on any atom is -0.872 e. The molecule has 0 saturated carbocycles. The van der Waals surface area contributed by atoms with Crippen LogP contribution in [-0.4, -0.2) is 145 Å². The maximum atomic E-state index is 12.7. The topological polar surface area (TPSA) is 473 Å². The second kappa shape index (κ2) is 55.2. The van der Waals surface area contributed by atoms with Crippen LogP contribution in [0.15, 0.2) is 370 Å².